The van der Waals surface area contributed by atoms with Crippen LogP contribution in [0.1, 0.15) is 42.6 Å². The topological polar surface area (TPSA) is 148 Å². The molecule has 46 heavy (non-hydrogen) atoms. The van der Waals surface area contributed by atoms with E-state index < -0.39 is 23.9 Å². The van der Waals surface area contributed by atoms with Crippen molar-refractivity contribution in [3.05, 3.63) is 47.5 Å². The smallest absolute Gasteiger partial charge is 0.251 e. The zero-order chi connectivity index (χ0) is 33.2. The van der Waals surface area contributed by atoms with Crippen LogP contribution in [0.4, 0.5) is 0 Å². The Bertz CT molecular complexity index is 1400. The molecule has 3 N–H and O–H groups in total. The molecule has 0 unspecified atom stereocenters. The van der Waals surface area contributed by atoms with Crippen molar-refractivity contribution in [3.63, 3.8) is 0 Å². The number of carbonyl (C=O) groups is 4. The third-order valence-corrected chi connectivity index (χ3v) is 8.13. The molecule has 2 aliphatic heterocycles. The van der Waals surface area contributed by atoms with E-state index >= 15 is 0 Å². The highest BCUT2D eigenvalue weighted by Gasteiger charge is 2.32. The van der Waals surface area contributed by atoms with Gasteiger partial charge in [0.25, 0.3) is 5.91 Å². The van der Waals surface area contributed by atoms with Crippen molar-refractivity contribution in [2.24, 2.45) is 5.92 Å². The van der Waals surface area contributed by atoms with E-state index in [-0.39, 0.29) is 37.4 Å². The minimum Gasteiger partial charge on any atom is -0.496 e. The number of nitrogens with one attached hydrogen (secondary N) is 3. The number of hydrogen-bond acceptors (Lipinski definition) is 9. The van der Waals surface area contributed by atoms with E-state index in [1.165, 1.54) is 19.1 Å². The molecule has 4 rings (SSSR count). The molecule has 4 amide bonds. The standard InChI is InChI=1S/C33H45N5O8/c1-21(2)30-32(41)35-18-23-25(43-4)9-8-10-26(23)46-28-17-22(11-12-27(28)44-5)31(40)34-13-6-7-14-38(19-29(39)36-30)33(42)24-20-45-16-15-37(24)3/h8-12,17,21,24,30H,6-7,13-16,18-20H2,1-5H3,(H,34,40)(H,35,41)(H,36,39)/t24-,30+/m0/s1. The molecule has 1 saturated heterocycles. The van der Waals surface area contributed by atoms with Gasteiger partial charge in [-0.3, -0.25) is 24.1 Å². The van der Waals surface area contributed by atoms with Crippen molar-refractivity contribution in [2.75, 3.05) is 60.7 Å². The van der Waals surface area contributed by atoms with E-state index in [9.17, 15) is 19.2 Å². The fraction of sp³-hybridized carbons (Fsp3) is 0.515. The van der Waals surface area contributed by atoms with Gasteiger partial charge in [0.2, 0.25) is 17.7 Å². The molecule has 2 heterocycles. The van der Waals surface area contributed by atoms with Crippen molar-refractivity contribution >= 4 is 23.6 Å². The number of morpholine rings is 1. The lowest BCUT2D eigenvalue weighted by Crippen LogP contribution is -2.56. The largest absolute Gasteiger partial charge is 0.496 e. The predicted octanol–water partition coefficient (Wildman–Crippen LogP) is 1.94. The van der Waals surface area contributed by atoms with Crippen LogP contribution in [0.5, 0.6) is 23.0 Å². The van der Waals surface area contributed by atoms with E-state index in [0.717, 1.165) is 0 Å². The van der Waals surface area contributed by atoms with E-state index in [2.05, 4.69) is 16.0 Å². The average Bonchev–Trinajstić information content (AvgIpc) is 3.04. The summed E-state index contributed by atoms with van der Waals surface area (Å²) in [5.74, 6) is -0.0178. The molecule has 0 aromatic heterocycles. The van der Waals surface area contributed by atoms with Crippen LogP contribution in [0, 0.1) is 5.92 Å². The molecule has 0 radical (unpaired) electrons. The Labute approximate surface area is 269 Å². The molecule has 250 valence electrons. The summed E-state index contributed by atoms with van der Waals surface area (Å²) in [5.41, 5.74) is 0.922. The van der Waals surface area contributed by atoms with Crippen LogP contribution in [0.3, 0.4) is 0 Å². The summed E-state index contributed by atoms with van der Waals surface area (Å²) < 4.78 is 22.9. The summed E-state index contributed by atoms with van der Waals surface area (Å²) in [4.78, 5) is 57.0. The second-order valence-electron chi connectivity index (χ2n) is 11.7. The number of nitrogens with zero attached hydrogens (tertiary/aromatic N) is 2. The van der Waals surface area contributed by atoms with E-state index in [1.807, 2.05) is 25.8 Å². The Morgan fingerprint density at radius 1 is 0.978 bits per heavy atom. The van der Waals surface area contributed by atoms with E-state index in [0.29, 0.717) is 73.2 Å². The normalized spacial score (nSPS) is 20.8. The third-order valence-electron chi connectivity index (χ3n) is 8.13. The second-order valence-corrected chi connectivity index (χ2v) is 11.7. The summed E-state index contributed by atoms with van der Waals surface area (Å²) in [6.45, 7) is 5.51. The maximum absolute atomic E-state index is 13.6. The van der Waals surface area contributed by atoms with Crippen LogP contribution in [0.2, 0.25) is 0 Å². The number of likely N-dealkylation sites (N-methyl/N-ethyl adjacent to an activating group) is 1. The van der Waals surface area contributed by atoms with Gasteiger partial charge >= 0.3 is 0 Å². The van der Waals surface area contributed by atoms with Gasteiger partial charge in [0, 0.05) is 25.2 Å². The van der Waals surface area contributed by atoms with Crippen LogP contribution in [-0.2, 0) is 25.7 Å². The first kappa shape index (κ1) is 34.5. The van der Waals surface area contributed by atoms with Gasteiger partial charge in [-0.2, -0.15) is 0 Å². The summed E-state index contributed by atoms with van der Waals surface area (Å²) >= 11 is 0. The molecule has 13 heteroatoms. The quantitative estimate of drug-likeness (QED) is 0.457. The number of rotatable bonds is 4. The van der Waals surface area contributed by atoms with Gasteiger partial charge in [-0.25, -0.2) is 0 Å². The van der Waals surface area contributed by atoms with Gasteiger partial charge in [-0.15, -0.1) is 0 Å². The summed E-state index contributed by atoms with van der Waals surface area (Å²) in [5, 5.41) is 8.67. The molecule has 2 aromatic rings. The lowest BCUT2D eigenvalue weighted by Gasteiger charge is -2.35. The van der Waals surface area contributed by atoms with Crippen LogP contribution < -0.4 is 30.2 Å². The van der Waals surface area contributed by atoms with Gasteiger partial charge < -0.3 is 39.8 Å². The average molecular weight is 640 g/mol. The molecule has 2 bridgehead atoms. The zero-order valence-corrected chi connectivity index (χ0v) is 27.2. The van der Waals surface area contributed by atoms with Crippen molar-refractivity contribution in [3.8, 4) is 23.0 Å². The predicted molar refractivity (Wildman–Crippen MR) is 170 cm³/mol. The number of benzene rings is 2. The summed E-state index contributed by atoms with van der Waals surface area (Å²) in [6.07, 6.45) is 1.11. The van der Waals surface area contributed by atoms with Crippen LogP contribution in [0.15, 0.2) is 36.4 Å². The summed E-state index contributed by atoms with van der Waals surface area (Å²) in [6, 6.07) is 8.75. The fourth-order valence-corrected chi connectivity index (χ4v) is 5.39. The van der Waals surface area contributed by atoms with E-state index in [1.54, 1.807) is 36.4 Å². The monoisotopic (exact) mass is 639 g/mol. The third kappa shape index (κ3) is 8.67. The number of amides is 4. The van der Waals surface area contributed by atoms with Crippen molar-refractivity contribution in [1.29, 1.82) is 0 Å². The Morgan fingerprint density at radius 2 is 1.76 bits per heavy atom. The minimum atomic E-state index is -0.859. The SMILES string of the molecule is COc1ccc2cc1Oc1cccc(OC)c1CNC(=O)[C@@H](C(C)C)NC(=O)CN(C(=O)[C@@H]1COCCN1C)CCCCNC2=O. The first-order chi connectivity index (χ1) is 22.1. The molecule has 0 spiro atoms. The maximum Gasteiger partial charge on any atom is 0.251 e. The Hall–Kier alpha value is -4.36. The molecule has 13 nitrogen and oxygen atoms in total. The maximum atomic E-state index is 13.6. The van der Waals surface area contributed by atoms with Gasteiger partial charge in [-0.05, 0) is 56.1 Å². The first-order valence-corrected chi connectivity index (χ1v) is 15.6. The van der Waals surface area contributed by atoms with Crippen LogP contribution >= 0.6 is 0 Å². The molecule has 2 atom stereocenters. The molecular formula is C33H45N5O8. The van der Waals surface area contributed by atoms with Gasteiger partial charge in [0.15, 0.2) is 11.5 Å². The Balaban J connectivity index is 1.65. The molecule has 2 aliphatic rings. The fourth-order valence-electron chi connectivity index (χ4n) is 5.39. The van der Waals surface area contributed by atoms with Crippen molar-refractivity contribution < 1.29 is 38.1 Å². The van der Waals surface area contributed by atoms with Crippen molar-refractivity contribution in [1.82, 2.24) is 25.8 Å². The van der Waals surface area contributed by atoms with Crippen LogP contribution in [-0.4, -0.2) is 106 Å². The highest BCUT2D eigenvalue weighted by atomic mass is 16.5. The Kier molecular flexibility index (Phi) is 12.2. The molecular weight excluding hydrogens is 594 g/mol. The molecule has 2 aromatic carbocycles. The lowest BCUT2D eigenvalue weighted by molar-refractivity contribution is -0.145. The van der Waals surface area contributed by atoms with Crippen molar-refractivity contribution in [2.45, 2.75) is 45.3 Å². The van der Waals surface area contributed by atoms with Crippen LogP contribution in [0.25, 0.3) is 0 Å². The minimum absolute atomic E-state index is 0.0262. The zero-order valence-electron chi connectivity index (χ0n) is 27.2. The molecule has 0 aliphatic carbocycles. The van der Waals surface area contributed by atoms with Gasteiger partial charge in [0.05, 0.1) is 46.1 Å². The number of hydrogen-bond donors (Lipinski definition) is 3. The number of methoxy groups -OCH3 is 2. The van der Waals surface area contributed by atoms with E-state index in [4.69, 9.17) is 18.9 Å². The highest BCUT2D eigenvalue weighted by molar-refractivity contribution is 5.95. The second kappa shape index (κ2) is 16.3. The Morgan fingerprint density at radius 3 is 2.48 bits per heavy atom. The number of fused-ring (bicyclic) bond motifs is 3. The number of carbonyl (C=O) groups excluding carboxylic acids is 4. The lowest BCUT2D eigenvalue weighted by atomic mass is 10.0. The molecule has 0 saturated carbocycles. The highest BCUT2D eigenvalue weighted by Crippen LogP contribution is 2.37. The summed E-state index contributed by atoms with van der Waals surface area (Å²) in [7, 11) is 4.88. The first-order valence-electron chi connectivity index (χ1n) is 15.6. The molecule has 1 fully saturated rings. The van der Waals surface area contributed by atoms with Gasteiger partial charge in [-0.1, -0.05) is 19.9 Å². The number of ether oxygens (including phenoxy) is 4. The van der Waals surface area contributed by atoms with Gasteiger partial charge in [0.1, 0.15) is 23.6 Å².